The molecule has 0 saturated carbocycles. The van der Waals surface area contributed by atoms with Crippen molar-refractivity contribution in [1.82, 2.24) is 4.90 Å². The molecule has 0 N–H and O–H groups in total. The second-order valence-corrected chi connectivity index (χ2v) is 4.76. The maximum Gasteiger partial charge on any atom is 0.158 e. The highest BCUT2D eigenvalue weighted by Crippen LogP contribution is 2.18. The summed E-state index contributed by atoms with van der Waals surface area (Å²) in [6, 6.07) is 3.79. The number of piperidine rings is 1. The van der Waals surface area contributed by atoms with Crippen molar-refractivity contribution in [2.24, 2.45) is 5.92 Å². The number of likely N-dealkylation sites (tertiary alicyclic amines) is 1. The molecule has 2 rings (SSSR count). The van der Waals surface area contributed by atoms with Crippen LogP contribution in [0.15, 0.2) is 22.6 Å². The lowest BCUT2D eigenvalue weighted by atomic mass is 9.92. The zero-order valence-electron chi connectivity index (χ0n) is 10.5. The Hall–Kier alpha value is -1.35. The molecule has 1 aromatic rings. The molecule has 0 unspecified atom stereocenters. The first kappa shape index (κ1) is 12.1. The van der Waals surface area contributed by atoms with Crippen LogP contribution in [0.25, 0.3) is 6.08 Å². The Morgan fingerprint density at radius 2 is 2.12 bits per heavy atom. The van der Waals surface area contributed by atoms with E-state index in [-0.39, 0.29) is 11.7 Å². The molecular weight excluding hydrogens is 214 g/mol. The second kappa shape index (κ2) is 5.32. The molecule has 0 aliphatic carbocycles. The van der Waals surface area contributed by atoms with E-state index in [1.54, 1.807) is 12.2 Å². The van der Waals surface area contributed by atoms with E-state index < -0.39 is 0 Å². The van der Waals surface area contributed by atoms with Crippen molar-refractivity contribution in [2.45, 2.75) is 19.8 Å². The third-order valence-corrected chi connectivity index (χ3v) is 3.29. The van der Waals surface area contributed by atoms with Gasteiger partial charge in [0.2, 0.25) is 0 Å². The van der Waals surface area contributed by atoms with Crippen LogP contribution in [0.5, 0.6) is 0 Å². The number of hydrogen-bond acceptors (Lipinski definition) is 3. The van der Waals surface area contributed by atoms with Gasteiger partial charge in [-0.05, 0) is 64.2 Å². The Balaban J connectivity index is 1.90. The van der Waals surface area contributed by atoms with Gasteiger partial charge in [0.25, 0.3) is 0 Å². The average molecular weight is 233 g/mol. The minimum absolute atomic E-state index is 0.193. The lowest BCUT2D eigenvalue weighted by Crippen LogP contribution is -2.33. The maximum atomic E-state index is 11.9. The summed E-state index contributed by atoms with van der Waals surface area (Å²) in [5, 5.41) is 0. The Morgan fingerprint density at radius 1 is 1.41 bits per heavy atom. The lowest BCUT2D eigenvalue weighted by molar-refractivity contribution is -0.119. The fourth-order valence-electron chi connectivity index (χ4n) is 2.14. The zero-order chi connectivity index (χ0) is 12.3. The van der Waals surface area contributed by atoms with Crippen LogP contribution >= 0.6 is 0 Å². The van der Waals surface area contributed by atoms with E-state index in [9.17, 15) is 4.79 Å². The summed E-state index contributed by atoms with van der Waals surface area (Å²) in [5.41, 5.74) is 0. The zero-order valence-corrected chi connectivity index (χ0v) is 10.5. The molecule has 1 aromatic heterocycles. The summed E-state index contributed by atoms with van der Waals surface area (Å²) in [7, 11) is 2.10. The number of carbonyl (C=O) groups is 1. The molecule has 1 aliphatic heterocycles. The Bertz CT molecular complexity index is 412. The molecule has 1 aliphatic rings. The summed E-state index contributed by atoms with van der Waals surface area (Å²) in [4.78, 5) is 14.2. The number of hydrogen-bond donors (Lipinski definition) is 0. The van der Waals surface area contributed by atoms with Gasteiger partial charge >= 0.3 is 0 Å². The van der Waals surface area contributed by atoms with E-state index in [1.165, 1.54) is 0 Å². The fourth-order valence-corrected chi connectivity index (χ4v) is 2.14. The highest BCUT2D eigenvalue weighted by atomic mass is 16.3. The molecule has 1 fully saturated rings. The molecule has 0 spiro atoms. The van der Waals surface area contributed by atoms with Crippen molar-refractivity contribution >= 4 is 11.9 Å². The molecule has 0 amide bonds. The van der Waals surface area contributed by atoms with Gasteiger partial charge in [0.1, 0.15) is 11.5 Å². The second-order valence-electron chi connectivity index (χ2n) is 4.76. The van der Waals surface area contributed by atoms with Gasteiger partial charge in [-0.2, -0.15) is 0 Å². The van der Waals surface area contributed by atoms with Crippen molar-refractivity contribution in [3.05, 3.63) is 29.7 Å². The summed E-state index contributed by atoms with van der Waals surface area (Å²) in [6.45, 7) is 3.93. The Kier molecular flexibility index (Phi) is 3.79. The number of furan rings is 1. The van der Waals surface area contributed by atoms with Gasteiger partial charge in [-0.1, -0.05) is 0 Å². The number of ketones is 1. The van der Waals surface area contributed by atoms with Crippen LogP contribution in [0.3, 0.4) is 0 Å². The van der Waals surface area contributed by atoms with E-state index in [2.05, 4.69) is 11.9 Å². The van der Waals surface area contributed by atoms with E-state index in [1.807, 2.05) is 19.1 Å². The number of nitrogens with zero attached hydrogens (tertiary/aromatic N) is 1. The van der Waals surface area contributed by atoms with E-state index in [0.29, 0.717) is 0 Å². The summed E-state index contributed by atoms with van der Waals surface area (Å²) >= 11 is 0. The first-order valence-electron chi connectivity index (χ1n) is 6.12. The summed E-state index contributed by atoms with van der Waals surface area (Å²) in [6.07, 6.45) is 5.37. The van der Waals surface area contributed by atoms with Crippen LogP contribution in [-0.4, -0.2) is 30.8 Å². The predicted molar refractivity (Wildman–Crippen MR) is 67.7 cm³/mol. The van der Waals surface area contributed by atoms with Crippen LogP contribution in [-0.2, 0) is 4.79 Å². The Labute approximate surface area is 102 Å². The van der Waals surface area contributed by atoms with Gasteiger partial charge in [-0.3, -0.25) is 4.79 Å². The molecule has 92 valence electrons. The molecule has 3 nitrogen and oxygen atoms in total. The van der Waals surface area contributed by atoms with Gasteiger partial charge in [-0.15, -0.1) is 0 Å². The standard InChI is InChI=1S/C14H19NO2/c1-11-3-4-13(17-11)5-6-14(16)12-7-9-15(2)10-8-12/h3-6,12H,7-10H2,1-2H3/b6-5+. The van der Waals surface area contributed by atoms with Crippen LogP contribution in [0.4, 0.5) is 0 Å². The van der Waals surface area contributed by atoms with Crippen molar-refractivity contribution in [3.63, 3.8) is 0 Å². The highest BCUT2D eigenvalue weighted by molar-refractivity contribution is 5.95. The summed E-state index contributed by atoms with van der Waals surface area (Å²) in [5.74, 6) is 2.05. The molecule has 3 heteroatoms. The van der Waals surface area contributed by atoms with Crippen molar-refractivity contribution in [1.29, 1.82) is 0 Å². The number of rotatable bonds is 3. The van der Waals surface area contributed by atoms with E-state index in [0.717, 1.165) is 37.5 Å². The van der Waals surface area contributed by atoms with Crippen LogP contribution in [0.2, 0.25) is 0 Å². The molecule has 17 heavy (non-hydrogen) atoms. The van der Waals surface area contributed by atoms with Gasteiger partial charge in [0.15, 0.2) is 5.78 Å². The first-order valence-corrected chi connectivity index (χ1v) is 6.12. The monoisotopic (exact) mass is 233 g/mol. The fraction of sp³-hybridized carbons (Fsp3) is 0.500. The van der Waals surface area contributed by atoms with Gasteiger partial charge in [-0.25, -0.2) is 0 Å². The van der Waals surface area contributed by atoms with Crippen molar-refractivity contribution < 1.29 is 9.21 Å². The van der Waals surface area contributed by atoms with Crippen LogP contribution in [0, 0.1) is 12.8 Å². The summed E-state index contributed by atoms with van der Waals surface area (Å²) < 4.78 is 5.39. The average Bonchev–Trinajstić information content (AvgIpc) is 2.73. The first-order chi connectivity index (χ1) is 8.15. The number of allylic oxidation sites excluding steroid dienone is 1. The third kappa shape index (κ3) is 3.30. The molecule has 0 atom stereocenters. The van der Waals surface area contributed by atoms with Crippen LogP contribution < -0.4 is 0 Å². The van der Waals surface area contributed by atoms with E-state index in [4.69, 9.17) is 4.42 Å². The van der Waals surface area contributed by atoms with Crippen molar-refractivity contribution in [3.8, 4) is 0 Å². The Morgan fingerprint density at radius 3 is 2.71 bits per heavy atom. The number of aryl methyl sites for hydroxylation is 1. The molecule has 2 heterocycles. The smallest absolute Gasteiger partial charge is 0.158 e. The minimum atomic E-state index is 0.193. The normalized spacial score (nSPS) is 18.9. The molecule has 1 saturated heterocycles. The quantitative estimate of drug-likeness (QED) is 0.752. The highest BCUT2D eigenvalue weighted by Gasteiger charge is 2.21. The van der Waals surface area contributed by atoms with E-state index >= 15 is 0 Å². The van der Waals surface area contributed by atoms with Gasteiger partial charge in [0.05, 0.1) is 0 Å². The van der Waals surface area contributed by atoms with Gasteiger partial charge < -0.3 is 9.32 Å². The maximum absolute atomic E-state index is 11.9. The number of carbonyl (C=O) groups excluding carboxylic acids is 1. The van der Waals surface area contributed by atoms with Gasteiger partial charge in [0, 0.05) is 5.92 Å². The SMILES string of the molecule is Cc1ccc(/C=C/C(=O)C2CCN(C)CC2)o1. The third-order valence-electron chi connectivity index (χ3n) is 3.29. The lowest BCUT2D eigenvalue weighted by Gasteiger charge is -2.27. The largest absolute Gasteiger partial charge is 0.462 e. The van der Waals surface area contributed by atoms with Crippen molar-refractivity contribution in [2.75, 3.05) is 20.1 Å². The minimum Gasteiger partial charge on any atom is -0.462 e. The van der Waals surface area contributed by atoms with Crippen LogP contribution in [0.1, 0.15) is 24.4 Å². The molecule has 0 bridgehead atoms. The molecular formula is C14H19NO2. The molecule has 0 aromatic carbocycles. The molecule has 0 radical (unpaired) electrons. The topological polar surface area (TPSA) is 33.5 Å². The predicted octanol–water partition coefficient (Wildman–Crippen LogP) is 2.51.